The van der Waals surface area contributed by atoms with Gasteiger partial charge in [-0.1, -0.05) is 50.3 Å². The van der Waals surface area contributed by atoms with Crippen LogP contribution in [-0.4, -0.2) is 5.78 Å². The molecule has 0 fully saturated rings. The van der Waals surface area contributed by atoms with Crippen LogP contribution in [0.15, 0.2) is 42.5 Å². The molecule has 0 unspecified atom stereocenters. The first-order valence-corrected chi connectivity index (χ1v) is 5.27. The molecule has 1 aromatic carbocycles. The van der Waals surface area contributed by atoms with E-state index in [1.165, 1.54) is 0 Å². The van der Waals surface area contributed by atoms with Crippen molar-refractivity contribution in [3.05, 3.63) is 48.0 Å². The zero-order chi connectivity index (χ0) is 12.0. The van der Waals surface area contributed by atoms with Crippen LogP contribution in [0.1, 0.15) is 30.6 Å². The average Bonchev–Trinajstić information content (AvgIpc) is 2.27. The topological polar surface area (TPSA) is 17.1 Å². The number of carbonyl (C=O) groups excluding carboxylic acids is 1. The lowest BCUT2D eigenvalue weighted by Crippen LogP contribution is -2.07. The highest BCUT2D eigenvalue weighted by molar-refractivity contribution is 6.04. The van der Waals surface area contributed by atoms with Crippen LogP contribution in [0, 0.1) is 17.8 Å². The number of carbonyl (C=O) groups is 1. The minimum atomic E-state index is -0.126. The SMILES string of the molecule is C#CCC(C)(C)/C=C/C(=O)c1ccccc1. The Kier molecular flexibility index (Phi) is 4.08. The largest absolute Gasteiger partial charge is 0.289 e. The third-order valence-electron chi connectivity index (χ3n) is 2.30. The van der Waals surface area contributed by atoms with Crippen LogP contribution in [0.4, 0.5) is 0 Å². The highest BCUT2D eigenvalue weighted by Crippen LogP contribution is 2.21. The number of hydrogen-bond donors (Lipinski definition) is 0. The Morgan fingerprint density at radius 2 is 2.00 bits per heavy atom. The standard InChI is InChI=1S/C15H16O/c1-4-11-15(2,3)12-10-14(16)13-8-6-5-7-9-13/h1,5-10,12H,11H2,2-3H3/b12-10+. The molecule has 0 saturated heterocycles. The molecule has 1 aromatic rings. The van der Waals surface area contributed by atoms with Gasteiger partial charge >= 0.3 is 0 Å². The van der Waals surface area contributed by atoms with Crippen LogP contribution in [0.2, 0.25) is 0 Å². The lowest BCUT2D eigenvalue weighted by molar-refractivity contribution is 0.104. The molecular formula is C15H16O. The second-order valence-corrected chi connectivity index (χ2v) is 4.43. The van der Waals surface area contributed by atoms with Crippen molar-refractivity contribution >= 4 is 5.78 Å². The monoisotopic (exact) mass is 212 g/mol. The van der Waals surface area contributed by atoms with Gasteiger partial charge in [-0.05, 0) is 11.5 Å². The molecule has 82 valence electrons. The summed E-state index contributed by atoms with van der Waals surface area (Å²) in [6.45, 7) is 4.03. The van der Waals surface area contributed by atoms with E-state index in [9.17, 15) is 4.79 Å². The zero-order valence-electron chi connectivity index (χ0n) is 9.73. The number of rotatable bonds is 4. The summed E-state index contributed by atoms with van der Waals surface area (Å²) in [6, 6.07) is 9.21. The van der Waals surface area contributed by atoms with Gasteiger partial charge in [0.1, 0.15) is 0 Å². The fraction of sp³-hybridized carbons (Fsp3) is 0.267. The van der Waals surface area contributed by atoms with E-state index in [-0.39, 0.29) is 11.2 Å². The smallest absolute Gasteiger partial charge is 0.185 e. The number of hydrogen-bond acceptors (Lipinski definition) is 1. The Morgan fingerprint density at radius 3 is 2.56 bits per heavy atom. The molecule has 1 heteroatoms. The number of terminal acetylenes is 1. The highest BCUT2D eigenvalue weighted by Gasteiger charge is 2.12. The van der Waals surface area contributed by atoms with Crippen LogP contribution in [0.5, 0.6) is 0 Å². The van der Waals surface area contributed by atoms with E-state index in [2.05, 4.69) is 5.92 Å². The Hall–Kier alpha value is -1.81. The molecule has 0 aliphatic carbocycles. The zero-order valence-corrected chi connectivity index (χ0v) is 9.73. The molecule has 0 saturated carbocycles. The maximum absolute atomic E-state index is 11.8. The highest BCUT2D eigenvalue weighted by atomic mass is 16.1. The third-order valence-corrected chi connectivity index (χ3v) is 2.30. The first-order valence-electron chi connectivity index (χ1n) is 5.27. The van der Waals surface area contributed by atoms with Gasteiger partial charge < -0.3 is 0 Å². The minimum absolute atomic E-state index is 0.0192. The van der Waals surface area contributed by atoms with Crippen molar-refractivity contribution in [3.63, 3.8) is 0 Å². The number of allylic oxidation sites excluding steroid dienone is 2. The lowest BCUT2D eigenvalue weighted by Gasteiger charge is -2.15. The minimum Gasteiger partial charge on any atom is -0.289 e. The van der Waals surface area contributed by atoms with E-state index in [0.717, 1.165) is 0 Å². The fourth-order valence-electron chi connectivity index (χ4n) is 1.32. The second kappa shape index (κ2) is 5.32. The molecule has 0 heterocycles. The number of benzene rings is 1. The molecule has 0 aliphatic heterocycles. The van der Waals surface area contributed by atoms with Crippen LogP contribution in [-0.2, 0) is 0 Å². The summed E-state index contributed by atoms with van der Waals surface area (Å²) in [5.74, 6) is 2.63. The molecule has 0 amide bonds. The summed E-state index contributed by atoms with van der Waals surface area (Å²) >= 11 is 0. The van der Waals surface area contributed by atoms with Gasteiger partial charge in [0.15, 0.2) is 5.78 Å². The predicted molar refractivity (Wildman–Crippen MR) is 67.1 cm³/mol. The summed E-state index contributed by atoms with van der Waals surface area (Å²) in [5, 5.41) is 0. The molecule has 0 aromatic heterocycles. The summed E-state index contributed by atoms with van der Waals surface area (Å²) in [6.07, 6.45) is 9.37. The van der Waals surface area contributed by atoms with Crippen molar-refractivity contribution in [2.75, 3.05) is 0 Å². The molecular weight excluding hydrogens is 196 g/mol. The first-order chi connectivity index (χ1) is 7.55. The Bertz CT molecular complexity index is 418. The van der Waals surface area contributed by atoms with E-state index < -0.39 is 0 Å². The van der Waals surface area contributed by atoms with E-state index in [1.807, 2.05) is 38.1 Å². The molecule has 16 heavy (non-hydrogen) atoms. The van der Waals surface area contributed by atoms with Crippen molar-refractivity contribution in [3.8, 4) is 12.3 Å². The first kappa shape index (κ1) is 12.3. The van der Waals surface area contributed by atoms with Crippen molar-refractivity contribution in [2.24, 2.45) is 5.41 Å². The summed E-state index contributed by atoms with van der Waals surface area (Å²) in [4.78, 5) is 11.8. The van der Waals surface area contributed by atoms with Gasteiger partial charge in [-0.3, -0.25) is 4.79 Å². The van der Waals surface area contributed by atoms with E-state index in [1.54, 1.807) is 18.2 Å². The second-order valence-electron chi connectivity index (χ2n) is 4.43. The lowest BCUT2D eigenvalue weighted by atomic mass is 9.89. The molecule has 1 rings (SSSR count). The Balaban J connectivity index is 2.73. The van der Waals surface area contributed by atoms with Gasteiger partial charge in [0.25, 0.3) is 0 Å². The van der Waals surface area contributed by atoms with Gasteiger partial charge in [0.05, 0.1) is 0 Å². The van der Waals surface area contributed by atoms with Crippen LogP contribution in [0.3, 0.4) is 0 Å². The van der Waals surface area contributed by atoms with Gasteiger partial charge in [-0.15, -0.1) is 12.3 Å². The normalized spacial score (nSPS) is 11.3. The van der Waals surface area contributed by atoms with Gasteiger partial charge in [0, 0.05) is 12.0 Å². The fourth-order valence-corrected chi connectivity index (χ4v) is 1.32. The molecule has 0 radical (unpaired) electrons. The maximum atomic E-state index is 11.8. The molecule has 0 N–H and O–H groups in total. The molecule has 0 spiro atoms. The van der Waals surface area contributed by atoms with Crippen molar-refractivity contribution in [2.45, 2.75) is 20.3 Å². The molecule has 0 aliphatic rings. The average molecular weight is 212 g/mol. The van der Waals surface area contributed by atoms with E-state index in [0.29, 0.717) is 12.0 Å². The van der Waals surface area contributed by atoms with Crippen LogP contribution in [0.25, 0.3) is 0 Å². The summed E-state index contributed by atoms with van der Waals surface area (Å²) in [7, 11) is 0. The molecule has 0 atom stereocenters. The third kappa shape index (κ3) is 3.74. The van der Waals surface area contributed by atoms with Crippen molar-refractivity contribution in [1.29, 1.82) is 0 Å². The molecule has 1 nitrogen and oxygen atoms in total. The summed E-state index contributed by atoms with van der Waals surface area (Å²) < 4.78 is 0. The predicted octanol–water partition coefficient (Wildman–Crippen LogP) is 3.48. The Morgan fingerprint density at radius 1 is 1.38 bits per heavy atom. The summed E-state index contributed by atoms with van der Waals surface area (Å²) in [5.41, 5.74) is 0.578. The van der Waals surface area contributed by atoms with Gasteiger partial charge in [-0.2, -0.15) is 0 Å². The quantitative estimate of drug-likeness (QED) is 0.424. The van der Waals surface area contributed by atoms with E-state index in [4.69, 9.17) is 6.42 Å². The van der Waals surface area contributed by atoms with Gasteiger partial charge in [-0.25, -0.2) is 0 Å². The maximum Gasteiger partial charge on any atom is 0.185 e. The van der Waals surface area contributed by atoms with Crippen LogP contribution >= 0.6 is 0 Å². The number of ketones is 1. The van der Waals surface area contributed by atoms with Crippen LogP contribution < -0.4 is 0 Å². The Labute approximate surface area is 97.2 Å². The molecule has 0 bridgehead atoms. The van der Waals surface area contributed by atoms with Crippen molar-refractivity contribution < 1.29 is 4.79 Å². The van der Waals surface area contributed by atoms with Gasteiger partial charge in [0.2, 0.25) is 0 Å². The van der Waals surface area contributed by atoms with E-state index >= 15 is 0 Å². The van der Waals surface area contributed by atoms with Crippen molar-refractivity contribution in [1.82, 2.24) is 0 Å².